The van der Waals surface area contributed by atoms with E-state index in [-0.39, 0.29) is 17.5 Å². The van der Waals surface area contributed by atoms with Gasteiger partial charge in [-0.2, -0.15) is 0 Å². The zero-order valence-electron chi connectivity index (χ0n) is 21.4. The third-order valence-corrected chi connectivity index (χ3v) is 8.08. The topological polar surface area (TPSA) is 62.7 Å². The summed E-state index contributed by atoms with van der Waals surface area (Å²) in [6.45, 7) is 4.60. The molecule has 1 fully saturated rings. The predicted octanol–water partition coefficient (Wildman–Crippen LogP) is 5.04. The van der Waals surface area contributed by atoms with Gasteiger partial charge >= 0.3 is 0 Å². The van der Waals surface area contributed by atoms with Crippen LogP contribution >= 0.6 is 0 Å². The molecule has 0 unspecified atom stereocenters. The number of nitrogens with one attached hydrogen (secondary N) is 1. The number of aliphatic hydroxyl groups is 2. The summed E-state index contributed by atoms with van der Waals surface area (Å²) in [5.74, 6) is -3.84. The number of unbranched alkanes of at least 4 members (excludes halogenated alkanes) is 1. The molecule has 2 aliphatic rings. The summed E-state index contributed by atoms with van der Waals surface area (Å²) in [6, 6.07) is 11.7. The van der Waals surface area contributed by atoms with E-state index < -0.39 is 37.0 Å². The summed E-state index contributed by atoms with van der Waals surface area (Å²) in [5.41, 5.74) is 3.51. The second-order valence-electron chi connectivity index (χ2n) is 10.8. The van der Waals surface area contributed by atoms with Crippen molar-refractivity contribution in [2.24, 2.45) is 5.92 Å². The molecule has 2 aliphatic heterocycles. The number of likely N-dealkylation sites (tertiary alicyclic amines) is 1. The second-order valence-corrected chi connectivity index (χ2v) is 10.8. The fourth-order valence-corrected chi connectivity index (χ4v) is 6.01. The van der Waals surface area contributed by atoms with Crippen LogP contribution in [0.4, 0.5) is 13.2 Å². The van der Waals surface area contributed by atoms with Gasteiger partial charge in [0.15, 0.2) is 0 Å². The molecule has 0 radical (unpaired) electrons. The van der Waals surface area contributed by atoms with Crippen LogP contribution in [0.2, 0.25) is 0 Å². The smallest absolute Gasteiger partial charge is 0.283 e. The van der Waals surface area contributed by atoms with Crippen LogP contribution in [0.3, 0.4) is 0 Å². The fourth-order valence-electron chi connectivity index (χ4n) is 6.01. The van der Waals surface area contributed by atoms with Gasteiger partial charge in [-0.15, -0.1) is 0 Å². The van der Waals surface area contributed by atoms with E-state index in [4.69, 9.17) is 0 Å². The summed E-state index contributed by atoms with van der Waals surface area (Å²) < 4.78 is 44.4. The lowest BCUT2D eigenvalue weighted by atomic mass is 9.85. The molecule has 5 rings (SSSR count). The number of aliphatic hydroxyl groups excluding tert-OH is 2. The van der Waals surface area contributed by atoms with E-state index in [0.29, 0.717) is 12.0 Å². The predicted molar refractivity (Wildman–Crippen MR) is 138 cm³/mol. The lowest BCUT2D eigenvalue weighted by Crippen LogP contribution is -2.49. The fraction of sp³-hybridized carbons (Fsp3) is 0.517. The first-order valence-corrected chi connectivity index (χ1v) is 13.3. The van der Waals surface area contributed by atoms with Crippen LogP contribution in [-0.4, -0.2) is 69.7 Å². The SMILES string of the molecule is CCCCN1CC([C@@H](O)c2ccc([C@@H]3c4[nH]c5ccccc5c4C[C@@H](C)N3CC(F)(F)CO)cc2F)C1. The minimum Gasteiger partial charge on any atom is -0.390 e. The number of aromatic amines is 1. The van der Waals surface area contributed by atoms with Crippen molar-refractivity contribution in [1.82, 2.24) is 14.8 Å². The van der Waals surface area contributed by atoms with E-state index in [9.17, 15) is 19.0 Å². The third-order valence-electron chi connectivity index (χ3n) is 8.08. The van der Waals surface area contributed by atoms with Gasteiger partial charge in [0.25, 0.3) is 5.92 Å². The Kier molecular flexibility index (Phi) is 7.38. The molecule has 37 heavy (non-hydrogen) atoms. The summed E-state index contributed by atoms with van der Waals surface area (Å²) >= 11 is 0. The maximum atomic E-state index is 15.5. The number of fused-ring (bicyclic) bond motifs is 3. The van der Waals surface area contributed by atoms with Gasteiger partial charge < -0.3 is 20.1 Å². The Morgan fingerprint density at radius 3 is 2.62 bits per heavy atom. The van der Waals surface area contributed by atoms with Crippen LogP contribution in [0.25, 0.3) is 10.9 Å². The molecule has 3 N–H and O–H groups in total. The van der Waals surface area contributed by atoms with Crippen LogP contribution < -0.4 is 0 Å². The average Bonchev–Trinajstić information content (AvgIpc) is 3.21. The Morgan fingerprint density at radius 1 is 1.16 bits per heavy atom. The van der Waals surface area contributed by atoms with Crippen molar-refractivity contribution in [3.63, 3.8) is 0 Å². The number of alkyl halides is 2. The zero-order chi connectivity index (χ0) is 26.3. The number of benzene rings is 2. The molecule has 5 nitrogen and oxygen atoms in total. The van der Waals surface area contributed by atoms with Crippen molar-refractivity contribution in [3.05, 3.63) is 70.7 Å². The van der Waals surface area contributed by atoms with Gasteiger partial charge in [-0.3, -0.25) is 4.90 Å². The largest absolute Gasteiger partial charge is 0.390 e. The van der Waals surface area contributed by atoms with E-state index in [0.717, 1.165) is 54.6 Å². The quantitative estimate of drug-likeness (QED) is 0.374. The molecule has 1 aromatic heterocycles. The van der Waals surface area contributed by atoms with Gasteiger partial charge in [0, 0.05) is 47.2 Å². The standard InChI is InChI=1S/C29H36F3N3O2/c1-3-4-11-34-14-20(15-34)28(37)22-10-9-19(13-24(22)30)27-26-23(21-7-5-6-8-25(21)33-26)12-18(2)35(27)16-29(31,32)17-36/h5-10,13,18,20,27-28,33,36-37H,3-4,11-12,14-17H2,1-2H3/t18-,27-,28-/m1/s1. The lowest BCUT2D eigenvalue weighted by Gasteiger charge is -2.43. The Balaban J connectivity index is 1.48. The van der Waals surface area contributed by atoms with Crippen LogP contribution in [0.1, 0.15) is 61.2 Å². The molecule has 200 valence electrons. The highest BCUT2D eigenvalue weighted by Crippen LogP contribution is 2.42. The minimum absolute atomic E-state index is 0.0213. The number of hydrogen-bond donors (Lipinski definition) is 3. The normalized spacial score (nSPS) is 22.2. The van der Waals surface area contributed by atoms with Gasteiger partial charge in [-0.05, 0) is 49.6 Å². The molecule has 3 heterocycles. The first-order valence-electron chi connectivity index (χ1n) is 13.3. The number of H-pyrrole nitrogens is 1. The minimum atomic E-state index is -3.29. The van der Waals surface area contributed by atoms with Crippen LogP contribution in [0.5, 0.6) is 0 Å². The highest BCUT2D eigenvalue weighted by Gasteiger charge is 2.42. The van der Waals surface area contributed by atoms with E-state index in [1.54, 1.807) is 17.0 Å². The molecule has 2 aromatic carbocycles. The van der Waals surface area contributed by atoms with Crippen LogP contribution in [0, 0.1) is 11.7 Å². The van der Waals surface area contributed by atoms with Crippen molar-refractivity contribution in [1.29, 1.82) is 0 Å². The molecule has 0 aliphatic carbocycles. The van der Waals surface area contributed by atoms with E-state index in [1.807, 2.05) is 31.2 Å². The van der Waals surface area contributed by atoms with Gasteiger partial charge in [-0.25, -0.2) is 13.2 Å². The number of para-hydroxylation sites is 1. The van der Waals surface area contributed by atoms with Crippen molar-refractivity contribution >= 4 is 10.9 Å². The maximum absolute atomic E-state index is 15.5. The van der Waals surface area contributed by atoms with Crippen molar-refractivity contribution in [3.8, 4) is 0 Å². The van der Waals surface area contributed by atoms with Gasteiger partial charge in [-0.1, -0.05) is 43.7 Å². The van der Waals surface area contributed by atoms with E-state index in [1.165, 1.54) is 6.07 Å². The van der Waals surface area contributed by atoms with Crippen molar-refractivity contribution in [2.75, 3.05) is 32.8 Å². The summed E-state index contributed by atoms with van der Waals surface area (Å²) in [6.07, 6.45) is 1.87. The average molecular weight is 516 g/mol. The Morgan fingerprint density at radius 2 is 1.92 bits per heavy atom. The number of rotatable bonds is 9. The van der Waals surface area contributed by atoms with Gasteiger partial charge in [0.1, 0.15) is 12.4 Å². The first-order chi connectivity index (χ1) is 17.7. The molecule has 3 aromatic rings. The molecule has 0 saturated carbocycles. The summed E-state index contributed by atoms with van der Waals surface area (Å²) in [4.78, 5) is 7.32. The molecule has 0 spiro atoms. The zero-order valence-corrected chi connectivity index (χ0v) is 21.4. The number of hydrogen-bond acceptors (Lipinski definition) is 4. The molecule has 0 amide bonds. The van der Waals surface area contributed by atoms with Crippen molar-refractivity contribution in [2.45, 2.75) is 57.2 Å². The molecule has 0 bridgehead atoms. The second kappa shape index (κ2) is 10.4. The molecule has 8 heteroatoms. The first kappa shape index (κ1) is 26.2. The number of aromatic nitrogens is 1. The molecule has 1 saturated heterocycles. The third kappa shape index (κ3) is 5.04. The maximum Gasteiger partial charge on any atom is 0.283 e. The van der Waals surface area contributed by atoms with E-state index in [2.05, 4.69) is 16.8 Å². The molecular formula is C29H36F3N3O2. The highest BCUT2D eigenvalue weighted by atomic mass is 19.3. The van der Waals surface area contributed by atoms with E-state index >= 15 is 4.39 Å². The monoisotopic (exact) mass is 515 g/mol. The van der Waals surface area contributed by atoms with Gasteiger partial charge in [0.2, 0.25) is 0 Å². The number of nitrogens with zero attached hydrogens (tertiary/aromatic N) is 2. The molecular weight excluding hydrogens is 479 g/mol. The Bertz CT molecular complexity index is 1240. The van der Waals surface area contributed by atoms with Crippen LogP contribution in [-0.2, 0) is 6.42 Å². The van der Waals surface area contributed by atoms with Crippen LogP contribution in [0.15, 0.2) is 42.5 Å². The summed E-state index contributed by atoms with van der Waals surface area (Å²) in [7, 11) is 0. The molecule has 3 atom stereocenters. The highest BCUT2D eigenvalue weighted by molar-refractivity contribution is 5.85. The van der Waals surface area contributed by atoms with Gasteiger partial charge in [0.05, 0.1) is 18.7 Å². The Labute approximate surface area is 215 Å². The van der Waals surface area contributed by atoms with Crippen molar-refractivity contribution < 1.29 is 23.4 Å². The lowest BCUT2D eigenvalue weighted by molar-refractivity contribution is -0.0864. The summed E-state index contributed by atoms with van der Waals surface area (Å²) in [5, 5.41) is 21.2. The Hall–Kier alpha value is -2.39. The number of halogens is 3.